The Morgan fingerprint density at radius 1 is 1.55 bits per heavy atom. The second-order valence-electron chi connectivity index (χ2n) is 2.31. The Hall–Kier alpha value is -1.16. The quantitative estimate of drug-likeness (QED) is 0.482. The molecule has 0 saturated carbocycles. The molecule has 1 aromatic heterocycles. The van der Waals surface area contributed by atoms with Gasteiger partial charge in [-0.25, -0.2) is 15.8 Å². The zero-order valence-corrected chi connectivity index (χ0v) is 6.76. The van der Waals surface area contributed by atoms with Gasteiger partial charge in [-0.3, -0.25) is 0 Å². The Morgan fingerprint density at radius 2 is 2.27 bits per heavy atom. The summed E-state index contributed by atoms with van der Waals surface area (Å²) in [5.74, 6) is 6.69. The van der Waals surface area contributed by atoms with Crippen LogP contribution in [0.1, 0.15) is 18.4 Å². The van der Waals surface area contributed by atoms with E-state index in [0.717, 1.165) is 17.9 Å². The molecule has 1 aromatic rings. The highest BCUT2D eigenvalue weighted by molar-refractivity contribution is 5.33. The molecule has 0 aliphatic carbocycles. The zero-order valence-electron chi connectivity index (χ0n) is 6.76. The minimum absolute atomic E-state index is 0.675. The Balaban J connectivity index is 3.02. The molecule has 0 saturated heterocycles. The van der Waals surface area contributed by atoms with Crippen LogP contribution in [0, 0.1) is 6.92 Å². The van der Waals surface area contributed by atoms with Gasteiger partial charge in [0.2, 0.25) is 0 Å². The lowest BCUT2D eigenvalue weighted by molar-refractivity contribution is 0.916. The predicted octanol–water partition coefficient (Wildman–Crippen LogP) is 0.633. The van der Waals surface area contributed by atoms with Gasteiger partial charge in [-0.2, -0.15) is 0 Å². The number of anilines is 1. The van der Waals surface area contributed by atoms with Gasteiger partial charge in [0.1, 0.15) is 11.6 Å². The molecule has 3 N–H and O–H groups in total. The van der Waals surface area contributed by atoms with Crippen LogP contribution in [0.4, 0.5) is 5.82 Å². The van der Waals surface area contributed by atoms with E-state index in [-0.39, 0.29) is 0 Å². The van der Waals surface area contributed by atoms with Crippen LogP contribution < -0.4 is 11.3 Å². The smallest absolute Gasteiger partial charge is 0.143 e. The Bertz CT molecular complexity index is 224. The first kappa shape index (κ1) is 7.94. The highest BCUT2D eigenvalue weighted by Crippen LogP contribution is 2.04. The fourth-order valence-electron chi connectivity index (χ4n) is 0.862. The predicted molar refractivity (Wildman–Crippen MR) is 44.0 cm³/mol. The molecule has 4 nitrogen and oxygen atoms in total. The molecule has 0 spiro atoms. The first-order chi connectivity index (χ1) is 5.26. The Labute approximate surface area is 65.8 Å². The fraction of sp³-hybridized carbons (Fsp3) is 0.429. The van der Waals surface area contributed by atoms with Gasteiger partial charge in [0.05, 0.1) is 0 Å². The summed E-state index contributed by atoms with van der Waals surface area (Å²) in [5, 5.41) is 0. The van der Waals surface area contributed by atoms with Crippen molar-refractivity contribution in [3.8, 4) is 0 Å². The number of nitrogens with two attached hydrogens (primary N) is 1. The lowest BCUT2D eigenvalue weighted by Gasteiger charge is -2.02. The number of hydrogen-bond acceptors (Lipinski definition) is 4. The van der Waals surface area contributed by atoms with Gasteiger partial charge in [-0.05, 0) is 6.92 Å². The molecule has 0 amide bonds. The molecule has 0 bridgehead atoms. The molecule has 60 valence electrons. The average Bonchev–Trinajstić information content (AvgIpc) is 2.03. The van der Waals surface area contributed by atoms with E-state index in [4.69, 9.17) is 5.84 Å². The molecule has 0 aliphatic heterocycles. The second kappa shape index (κ2) is 3.30. The van der Waals surface area contributed by atoms with Crippen molar-refractivity contribution in [2.75, 3.05) is 5.43 Å². The van der Waals surface area contributed by atoms with E-state index >= 15 is 0 Å². The molecule has 0 aliphatic rings. The molecule has 0 fully saturated rings. The number of nitrogens with zero attached hydrogens (tertiary/aromatic N) is 2. The Morgan fingerprint density at radius 3 is 2.82 bits per heavy atom. The van der Waals surface area contributed by atoms with E-state index in [0.29, 0.717) is 5.82 Å². The molecule has 0 radical (unpaired) electrons. The molecule has 1 heterocycles. The summed E-state index contributed by atoms with van der Waals surface area (Å²) >= 11 is 0. The van der Waals surface area contributed by atoms with Gasteiger partial charge in [0, 0.05) is 18.2 Å². The summed E-state index contributed by atoms with van der Waals surface area (Å²) in [5.41, 5.74) is 3.43. The summed E-state index contributed by atoms with van der Waals surface area (Å²) in [4.78, 5) is 8.32. The lowest BCUT2D eigenvalue weighted by Crippen LogP contribution is -2.10. The van der Waals surface area contributed by atoms with E-state index in [1.807, 2.05) is 13.8 Å². The SMILES string of the molecule is CCc1nc(C)cc(NN)n1. The fourth-order valence-corrected chi connectivity index (χ4v) is 0.862. The van der Waals surface area contributed by atoms with Crippen LogP contribution in [0.2, 0.25) is 0 Å². The van der Waals surface area contributed by atoms with Gasteiger partial charge < -0.3 is 5.43 Å². The second-order valence-corrected chi connectivity index (χ2v) is 2.31. The maximum absolute atomic E-state index is 5.20. The van der Waals surface area contributed by atoms with Crippen LogP contribution in [0.25, 0.3) is 0 Å². The molecule has 0 atom stereocenters. The first-order valence-electron chi connectivity index (χ1n) is 3.57. The van der Waals surface area contributed by atoms with Gasteiger partial charge in [0.25, 0.3) is 0 Å². The van der Waals surface area contributed by atoms with Crippen LogP contribution in [0.3, 0.4) is 0 Å². The Kier molecular flexibility index (Phi) is 2.38. The van der Waals surface area contributed by atoms with Gasteiger partial charge in [-0.15, -0.1) is 0 Å². The largest absolute Gasteiger partial charge is 0.308 e. The molecular weight excluding hydrogens is 140 g/mol. The van der Waals surface area contributed by atoms with Crippen molar-refractivity contribution < 1.29 is 0 Å². The number of hydrogen-bond donors (Lipinski definition) is 2. The van der Waals surface area contributed by atoms with Gasteiger partial charge >= 0.3 is 0 Å². The maximum Gasteiger partial charge on any atom is 0.143 e. The van der Waals surface area contributed by atoms with E-state index in [1.54, 1.807) is 6.07 Å². The van der Waals surface area contributed by atoms with Gasteiger partial charge in [-0.1, -0.05) is 6.92 Å². The van der Waals surface area contributed by atoms with Crippen LogP contribution in [0.5, 0.6) is 0 Å². The summed E-state index contributed by atoms with van der Waals surface area (Å²) in [6, 6.07) is 1.80. The lowest BCUT2D eigenvalue weighted by atomic mass is 10.4. The van der Waals surface area contributed by atoms with Crippen molar-refractivity contribution in [3.63, 3.8) is 0 Å². The van der Waals surface area contributed by atoms with E-state index < -0.39 is 0 Å². The van der Waals surface area contributed by atoms with Crippen molar-refractivity contribution in [1.29, 1.82) is 0 Å². The molecule has 1 rings (SSSR count). The molecule has 11 heavy (non-hydrogen) atoms. The molecule has 4 heteroatoms. The van der Waals surface area contributed by atoms with Crippen molar-refractivity contribution in [3.05, 3.63) is 17.6 Å². The van der Waals surface area contributed by atoms with Crippen LogP contribution >= 0.6 is 0 Å². The highest BCUT2D eigenvalue weighted by atomic mass is 15.3. The minimum atomic E-state index is 0.675. The summed E-state index contributed by atoms with van der Waals surface area (Å²) in [7, 11) is 0. The first-order valence-corrected chi connectivity index (χ1v) is 3.57. The van der Waals surface area contributed by atoms with Crippen molar-refractivity contribution in [1.82, 2.24) is 9.97 Å². The molecular formula is C7H12N4. The van der Waals surface area contributed by atoms with Crippen LogP contribution in [-0.2, 0) is 6.42 Å². The number of aryl methyl sites for hydroxylation is 2. The topological polar surface area (TPSA) is 63.8 Å². The zero-order chi connectivity index (χ0) is 8.27. The monoisotopic (exact) mass is 152 g/mol. The summed E-state index contributed by atoms with van der Waals surface area (Å²) in [6.07, 6.45) is 0.830. The third kappa shape index (κ3) is 1.88. The van der Waals surface area contributed by atoms with Crippen molar-refractivity contribution in [2.24, 2.45) is 5.84 Å². The van der Waals surface area contributed by atoms with Crippen molar-refractivity contribution >= 4 is 5.82 Å². The van der Waals surface area contributed by atoms with E-state index in [1.165, 1.54) is 0 Å². The van der Waals surface area contributed by atoms with Crippen LogP contribution in [-0.4, -0.2) is 9.97 Å². The summed E-state index contributed by atoms with van der Waals surface area (Å²) < 4.78 is 0. The van der Waals surface area contributed by atoms with Crippen LogP contribution in [0.15, 0.2) is 6.07 Å². The van der Waals surface area contributed by atoms with Crippen molar-refractivity contribution in [2.45, 2.75) is 20.3 Å². The van der Waals surface area contributed by atoms with E-state index in [2.05, 4.69) is 15.4 Å². The van der Waals surface area contributed by atoms with Gasteiger partial charge in [0.15, 0.2) is 0 Å². The average molecular weight is 152 g/mol. The standard InChI is InChI=1S/C7H12N4/c1-3-6-9-5(2)4-7(10-6)11-8/h4H,3,8H2,1-2H3,(H,9,10,11). The third-order valence-corrected chi connectivity index (χ3v) is 1.36. The number of rotatable bonds is 2. The number of aromatic nitrogens is 2. The highest BCUT2D eigenvalue weighted by Gasteiger charge is 1.97. The summed E-state index contributed by atoms with van der Waals surface area (Å²) in [6.45, 7) is 3.93. The minimum Gasteiger partial charge on any atom is -0.308 e. The third-order valence-electron chi connectivity index (χ3n) is 1.36. The normalized spacial score (nSPS) is 9.73. The number of hydrazine groups is 1. The number of nitrogen functional groups attached to an aromatic ring is 1. The molecule has 0 unspecified atom stereocenters. The van der Waals surface area contributed by atoms with E-state index in [9.17, 15) is 0 Å². The molecule has 0 aromatic carbocycles. The maximum atomic E-state index is 5.20. The number of nitrogens with one attached hydrogen (secondary N) is 1.